The first-order valence-electron chi connectivity index (χ1n) is 11.7. The third-order valence-electron chi connectivity index (χ3n) is 6.43. The van der Waals surface area contributed by atoms with Crippen molar-refractivity contribution in [3.63, 3.8) is 0 Å². The van der Waals surface area contributed by atoms with Crippen LogP contribution in [0.25, 0.3) is 5.70 Å². The standard InChI is InChI=1S/C29H22FI2NO4/c1-3-36-29(35)23-15(2)33-26-18-9-5-6-10-19(18)27(34)25(26)24(23)17-12-21(31)28(22(32)13-17)37-14-16-8-4-7-11-20(16)30/h4-13,24,33H,3,14H2,1-2H3/t24-/m1/s1. The summed E-state index contributed by atoms with van der Waals surface area (Å²) < 4.78 is 27.1. The minimum Gasteiger partial charge on any atom is -0.487 e. The maximum atomic E-state index is 14.1. The molecule has 188 valence electrons. The number of esters is 1. The second-order valence-electron chi connectivity index (χ2n) is 8.67. The lowest BCUT2D eigenvalue weighted by molar-refractivity contribution is -0.138. The number of carbonyl (C=O) groups is 2. The molecule has 0 aromatic heterocycles. The molecule has 0 unspecified atom stereocenters. The molecule has 8 heteroatoms. The maximum Gasteiger partial charge on any atom is 0.336 e. The number of allylic oxidation sites excluding steroid dienone is 2. The normalized spacial score (nSPS) is 16.4. The van der Waals surface area contributed by atoms with Crippen molar-refractivity contribution in [3.05, 3.63) is 113 Å². The molecular formula is C29H22FI2NO4. The van der Waals surface area contributed by atoms with Crippen LogP contribution in [0.5, 0.6) is 5.75 Å². The van der Waals surface area contributed by atoms with E-state index in [1.165, 1.54) is 6.07 Å². The number of ether oxygens (including phenoxy) is 2. The Bertz CT molecular complexity index is 1490. The minimum absolute atomic E-state index is 0.0849. The van der Waals surface area contributed by atoms with Gasteiger partial charge in [-0.1, -0.05) is 42.5 Å². The van der Waals surface area contributed by atoms with Gasteiger partial charge >= 0.3 is 5.97 Å². The molecule has 0 bridgehead atoms. The molecule has 1 N–H and O–H groups in total. The van der Waals surface area contributed by atoms with Gasteiger partial charge in [-0.05, 0) is 82.8 Å². The van der Waals surface area contributed by atoms with E-state index in [2.05, 4.69) is 50.5 Å². The first-order valence-corrected chi connectivity index (χ1v) is 13.9. The number of hydrogen-bond acceptors (Lipinski definition) is 5. The van der Waals surface area contributed by atoms with Gasteiger partial charge < -0.3 is 14.8 Å². The van der Waals surface area contributed by atoms with Crippen LogP contribution >= 0.6 is 45.2 Å². The fraction of sp³-hybridized carbons (Fsp3) is 0.172. The molecule has 0 spiro atoms. The van der Waals surface area contributed by atoms with Crippen molar-refractivity contribution >= 4 is 62.6 Å². The van der Waals surface area contributed by atoms with Gasteiger partial charge in [0.1, 0.15) is 18.2 Å². The Morgan fingerprint density at radius 1 is 1.03 bits per heavy atom. The van der Waals surface area contributed by atoms with E-state index in [9.17, 15) is 14.0 Å². The maximum absolute atomic E-state index is 14.1. The molecule has 3 aromatic carbocycles. The Balaban J connectivity index is 1.59. The van der Waals surface area contributed by atoms with Crippen molar-refractivity contribution in [2.45, 2.75) is 26.4 Å². The smallest absolute Gasteiger partial charge is 0.336 e. The van der Waals surface area contributed by atoms with Gasteiger partial charge in [-0.3, -0.25) is 4.79 Å². The van der Waals surface area contributed by atoms with Gasteiger partial charge in [-0.15, -0.1) is 0 Å². The van der Waals surface area contributed by atoms with Crippen LogP contribution in [0.2, 0.25) is 0 Å². The zero-order valence-corrected chi connectivity index (χ0v) is 24.3. The molecule has 1 heterocycles. The van der Waals surface area contributed by atoms with E-state index >= 15 is 0 Å². The zero-order valence-electron chi connectivity index (χ0n) is 20.0. The molecule has 0 fully saturated rings. The number of dihydropyridines is 1. The summed E-state index contributed by atoms with van der Waals surface area (Å²) in [6, 6.07) is 17.8. The van der Waals surface area contributed by atoms with Crippen molar-refractivity contribution in [1.29, 1.82) is 0 Å². The summed E-state index contributed by atoms with van der Waals surface area (Å²) in [7, 11) is 0. The number of halogens is 3. The Morgan fingerprint density at radius 2 is 1.68 bits per heavy atom. The van der Waals surface area contributed by atoms with Crippen LogP contribution in [-0.4, -0.2) is 18.4 Å². The Kier molecular flexibility index (Phi) is 7.39. The van der Waals surface area contributed by atoms with Gasteiger partial charge in [0, 0.05) is 33.9 Å². The summed E-state index contributed by atoms with van der Waals surface area (Å²) in [5, 5.41) is 3.31. The predicted molar refractivity (Wildman–Crippen MR) is 156 cm³/mol. The largest absolute Gasteiger partial charge is 0.487 e. The zero-order chi connectivity index (χ0) is 26.3. The lowest BCUT2D eigenvalue weighted by atomic mass is 9.80. The Morgan fingerprint density at radius 3 is 2.35 bits per heavy atom. The average Bonchev–Trinajstić information content (AvgIpc) is 3.15. The van der Waals surface area contributed by atoms with Gasteiger partial charge in [0.15, 0.2) is 5.78 Å². The van der Waals surface area contributed by atoms with Gasteiger partial charge in [-0.25, -0.2) is 9.18 Å². The summed E-state index contributed by atoms with van der Waals surface area (Å²) >= 11 is 4.36. The van der Waals surface area contributed by atoms with E-state index in [-0.39, 0.29) is 24.8 Å². The topological polar surface area (TPSA) is 64.6 Å². The average molecular weight is 721 g/mol. The summed E-state index contributed by atoms with van der Waals surface area (Å²) in [4.78, 5) is 26.8. The number of benzene rings is 3. The molecule has 0 radical (unpaired) electrons. The molecule has 1 aliphatic heterocycles. The van der Waals surface area contributed by atoms with Crippen LogP contribution in [-0.2, 0) is 16.1 Å². The molecular weight excluding hydrogens is 699 g/mol. The van der Waals surface area contributed by atoms with Crippen LogP contribution in [0.15, 0.2) is 77.5 Å². The Hall–Kier alpha value is -2.73. The fourth-order valence-electron chi connectivity index (χ4n) is 4.79. The lowest BCUT2D eigenvalue weighted by Gasteiger charge is -2.29. The highest BCUT2D eigenvalue weighted by molar-refractivity contribution is 14.1. The van der Waals surface area contributed by atoms with E-state index in [1.54, 1.807) is 31.2 Å². The molecule has 1 atom stereocenters. The summed E-state index contributed by atoms with van der Waals surface area (Å²) in [5.74, 6) is -0.883. The van der Waals surface area contributed by atoms with Crippen molar-refractivity contribution in [2.75, 3.05) is 6.61 Å². The first-order chi connectivity index (χ1) is 17.8. The van der Waals surface area contributed by atoms with Crippen molar-refractivity contribution in [2.24, 2.45) is 0 Å². The van der Waals surface area contributed by atoms with Crippen molar-refractivity contribution in [1.82, 2.24) is 5.32 Å². The van der Waals surface area contributed by atoms with Crippen molar-refractivity contribution in [3.8, 4) is 5.75 Å². The third-order valence-corrected chi connectivity index (χ3v) is 8.03. The monoisotopic (exact) mass is 721 g/mol. The SMILES string of the molecule is CCOC(=O)C1=C(C)NC2=C(C(=O)c3ccccc32)[C@@H]1c1cc(I)c(OCc2ccccc2F)c(I)c1. The van der Waals surface area contributed by atoms with E-state index < -0.39 is 11.9 Å². The second kappa shape index (κ2) is 10.6. The van der Waals surface area contributed by atoms with Gasteiger partial charge in [-0.2, -0.15) is 0 Å². The number of nitrogens with one attached hydrogen (secondary N) is 1. The number of carbonyl (C=O) groups excluding carboxylic acids is 2. The molecule has 2 aliphatic rings. The Labute approximate surface area is 241 Å². The highest BCUT2D eigenvalue weighted by atomic mass is 127. The molecule has 3 aromatic rings. The molecule has 1 aliphatic carbocycles. The van der Waals surface area contributed by atoms with Gasteiger partial charge in [0.25, 0.3) is 0 Å². The van der Waals surface area contributed by atoms with Crippen LogP contribution in [0, 0.1) is 13.0 Å². The van der Waals surface area contributed by atoms with Crippen molar-refractivity contribution < 1.29 is 23.5 Å². The quantitative estimate of drug-likeness (QED) is 0.226. The van der Waals surface area contributed by atoms with Gasteiger partial charge in [0.2, 0.25) is 0 Å². The van der Waals surface area contributed by atoms with Crippen LogP contribution < -0.4 is 10.1 Å². The highest BCUT2D eigenvalue weighted by Gasteiger charge is 2.43. The van der Waals surface area contributed by atoms with E-state index in [1.807, 2.05) is 37.3 Å². The molecule has 5 rings (SSSR count). The number of rotatable bonds is 6. The number of fused-ring (bicyclic) bond motifs is 2. The van der Waals surface area contributed by atoms with E-state index in [0.29, 0.717) is 33.7 Å². The second-order valence-corrected chi connectivity index (χ2v) is 11.0. The number of hydrogen-bond donors (Lipinski definition) is 1. The van der Waals surface area contributed by atoms with Crippen LogP contribution in [0.4, 0.5) is 4.39 Å². The van der Waals surface area contributed by atoms with E-state index in [4.69, 9.17) is 9.47 Å². The van der Waals surface area contributed by atoms with Crippen LogP contribution in [0.3, 0.4) is 0 Å². The lowest BCUT2D eigenvalue weighted by Crippen LogP contribution is -2.29. The number of Topliss-reactive ketones (excluding diaryl/α,β-unsaturated/α-hetero) is 1. The van der Waals surface area contributed by atoms with E-state index in [0.717, 1.165) is 24.0 Å². The summed E-state index contributed by atoms with van der Waals surface area (Å²) in [5.41, 5.74) is 4.99. The molecule has 5 nitrogen and oxygen atoms in total. The molecule has 37 heavy (non-hydrogen) atoms. The first kappa shape index (κ1) is 25.9. The third kappa shape index (κ3) is 4.69. The fourth-order valence-corrected chi connectivity index (χ4v) is 6.92. The summed E-state index contributed by atoms with van der Waals surface area (Å²) in [6.45, 7) is 3.89. The van der Waals surface area contributed by atoms with Gasteiger partial charge in [0.05, 0.1) is 25.0 Å². The predicted octanol–water partition coefficient (Wildman–Crippen LogP) is 6.75. The number of ketones is 1. The molecule has 0 saturated carbocycles. The summed E-state index contributed by atoms with van der Waals surface area (Å²) in [6.07, 6.45) is 0. The van der Waals surface area contributed by atoms with Crippen LogP contribution in [0.1, 0.15) is 46.8 Å². The minimum atomic E-state index is -0.613. The molecule has 0 amide bonds. The molecule has 0 saturated heterocycles. The highest BCUT2D eigenvalue weighted by Crippen LogP contribution is 2.48.